The number of nitrogens with one attached hydrogen (secondary N) is 1. The number of amides is 3. The topological polar surface area (TPSA) is 102 Å². The number of anilines is 1. The molecule has 1 aromatic rings. The van der Waals surface area contributed by atoms with Crippen molar-refractivity contribution in [2.75, 3.05) is 25.5 Å². The highest BCUT2D eigenvalue weighted by atomic mass is 35.5. The Bertz CT molecular complexity index is 562. The predicted octanol–water partition coefficient (Wildman–Crippen LogP) is 0.621. The summed E-state index contributed by atoms with van der Waals surface area (Å²) in [5.41, 5.74) is 5.54. The Kier molecular flexibility index (Phi) is 6.13. The molecule has 3 amide bonds. The normalized spacial score (nSPS) is 9.90. The zero-order chi connectivity index (χ0) is 16.0. The molecule has 7 nitrogen and oxygen atoms in total. The first-order chi connectivity index (χ1) is 9.90. The Morgan fingerprint density at radius 3 is 2.57 bits per heavy atom. The van der Waals surface area contributed by atoms with Gasteiger partial charge in [0.05, 0.1) is 12.8 Å². The van der Waals surface area contributed by atoms with Crippen LogP contribution in [-0.2, 0) is 14.4 Å². The number of ether oxygens (including phenoxy) is 1. The lowest BCUT2D eigenvalue weighted by molar-refractivity contribution is -0.149. The van der Waals surface area contributed by atoms with E-state index in [2.05, 4.69) is 5.32 Å². The van der Waals surface area contributed by atoms with E-state index in [4.69, 9.17) is 22.1 Å². The summed E-state index contributed by atoms with van der Waals surface area (Å²) in [6.07, 6.45) is 0. The number of carbonyl (C=O) groups excluding carboxylic acids is 3. The van der Waals surface area contributed by atoms with Crippen LogP contribution in [-0.4, -0.2) is 42.8 Å². The number of methoxy groups -OCH3 is 1. The minimum Gasteiger partial charge on any atom is -0.495 e. The molecule has 8 heteroatoms. The van der Waals surface area contributed by atoms with Crippen molar-refractivity contribution >= 4 is 35.0 Å². The van der Waals surface area contributed by atoms with Gasteiger partial charge in [-0.05, 0) is 18.2 Å². The van der Waals surface area contributed by atoms with Gasteiger partial charge in [-0.1, -0.05) is 11.6 Å². The quantitative estimate of drug-likeness (QED) is 0.793. The van der Waals surface area contributed by atoms with E-state index in [1.54, 1.807) is 12.1 Å². The van der Waals surface area contributed by atoms with Gasteiger partial charge in [0.25, 0.3) is 0 Å². The number of benzene rings is 1. The first kappa shape index (κ1) is 16.9. The third kappa shape index (κ3) is 4.44. The van der Waals surface area contributed by atoms with Crippen LogP contribution in [0.15, 0.2) is 18.2 Å². The smallest absolute Gasteiger partial charge is 0.318 e. The summed E-state index contributed by atoms with van der Waals surface area (Å²) in [5.74, 6) is -2.18. The zero-order valence-electron chi connectivity index (χ0n) is 11.7. The molecule has 1 rings (SSSR count). The first-order valence-electron chi connectivity index (χ1n) is 6.07. The highest BCUT2D eigenvalue weighted by Crippen LogP contribution is 2.27. The van der Waals surface area contributed by atoms with Crippen LogP contribution in [0.2, 0.25) is 5.02 Å². The number of imide groups is 1. The molecule has 0 fully saturated rings. The van der Waals surface area contributed by atoms with Gasteiger partial charge in [-0.15, -0.1) is 0 Å². The lowest BCUT2D eigenvalue weighted by atomic mass is 10.3. The Labute approximate surface area is 127 Å². The van der Waals surface area contributed by atoms with Crippen LogP contribution in [0.3, 0.4) is 0 Å². The molecule has 0 heterocycles. The van der Waals surface area contributed by atoms with Gasteiger partial charge in [-0.25, -0.2) is 0 Å². The summed E-state index contributed by atoms with van der Waals surface area (Å²) in [6, 6.07) is 4.56. The van der Waals surface area contributed by atoms with E-state index < -0.39 is 17.7 Å². The molecule has 0 radical (unpaired) electrons. The van der Waals surface area contributed by atoms with Gasteiger partial charge in [0.2, 0.25) is 5.91 Å². The molecule has 0 aliphatic rings. The first-order valence-corrected chi connectivity index (χ1v) is 6.45. The van der Waals surface area contributed by atoms with Crippen LogP contribution in [0.25, 0.3) is 0 Å². The minimum atomic E-state index is -0.991. The van der Waals surface area contributed by atoms with Gasteiger partial charge in [-0.2, -0.15) is 0 Å². The molecule has 0 spiro atoms. The molecule has 0 unspecified atom stereocenters. The third-order valence-corrected chi connectivity index (χ3v) is 2.82. The van der Waals surface area contributed by atoms with E-state index in [1.807, 2.05) is 0 Å². The molecule has 1 aromatic carbocycles. The lowest BCUT2D eigenvalue weighted by Gasteiger charge is -2.18. The molecule has 0 bridgehead atoms. The molecule has 0 aromatic heterocycles. The molecule has 21 heavy (non-hydrogen) atoms. The largest absolute Gasteiger partial charge is 0.495 e. The lowest BCUT2D eigenvalue weighted by Crippen LogP contribution is -2.44. The van der Waals surface area contributed by atoms with Crippen LogP contribution < -0.4 is 15.8 Å². The van der Waals surface area contributed by atoms with Crippen LogP contribution in [0, 0.1) is 0 Å². The molecule has 0 saturated heterocycles. The van der Waals surface area contributed by atoms with E-state index in [-0.39, 0.29) is 18.8 Å². The van der Waals surface area contributed by atoms with E-state index in [0.29, 0.717) is 10.8 Å². The van der Waals surface area contributed by atoms with Gasteiger partial charge in [0.1, 0.15) is 5.75 Å². The van der Waals surface area contributed by atoms with Crippen molar-refractivity contribution in [3.05, 3.63) is 23.2 Å². The fourth-order valence-corrected chi connectivity index (χ4v) is 1.78. The summed E-state index contributed by atoms with van der Waals surface area (Å²) < 4.78 is 5.05. The summed E-state index contributed by atoms with van der Waals surface area (Å²) in [6.45, 7) is 1.22. The zero-order valence-corrected chi connectivity index (χ0v) is 12.4. The monoisotopic (exact) mass is 313 g/mol. The maximum absolute atomic E-state index is 11.9. The molecule has 0 aliphatic carbocycles. The minimum absolute atomic E-state index is 0.0335. The van der Waals surface area contributed by atoms with Crippen LogP contribution in [0.5, 0.6) is 5.75 Å². The standard InChI is InChI=1S/C13H16ClN3O4/c1-8(18)17(6-5-15)13(20)12(19)16-10-7-9(14)3-4-11(10)21-2/h3-4,7H,5-6,15H2,1-2H3,(H,16,19). The summed E-state index contributed by atoms with van der Waals surface area (Å²) in [5, 5.41) is 2.73. The summed E-state index contributed by atoms with van der Waals surface area (Å²) in [4.78, 5) is 35.9. The number of rotatable bonds is 4. The van der Waals surface area contributed by atoms with Crippen molar-refractivity contribution in [1.82, 2.24) is 4.90 Å². The Hall–Kier alpha value is -2.12. The number of hydrogen-bond donors (Lipinski definition) is 2. The average Bonchev–Trinajstić information content (AvgIpc) is 2.44. The van der Waals surface area contributed by atoms with Crippen molar-refractivity contribution in [2.45, 2.75) is 6.92 Å². The maximum atomic E-state index is 11.9. The fraction of sp³-hybridized carbons (Fsp3) is 0.308. The highest BCUT2D eigenvalue weighted by Gasteiger charge is 2.25. The Balaban J connectivity index is 2.92. The molecule has 114 valence electrons. The third-order valence-electron chi connectivity index (χ3n) is 2.58. The number of nitrogens with two attached hydrogens (primary N) is 1. The second-order valence-corrected chi connectivity index (χ2v) is 4.50. The summed E-state index contributed by atoms with van der Waals surface area (Å²) in [7, 11) is 1.41. The van der Waals surface area contributed by atoms with Gasteiger partial charge in [-0.3, -0.25) is 19.3 Å². The number of hydrogen-bond acceptors (Lipinski definition) is 5. The average molecular weight is 314 g/mol. The van der Waals surface area contributed by atoms with Gasteiger partial charge in [0, 0.05) is 25.0 Å². The van der Waals surface area contributed by atoms with E-state index in [9.17, 15) is 14.4 Å². The van der Waals surface area contributed by atoms with E-state index in [1.165, 1.54) is 20.1 Å². The van der Waals surface area contributed by atoms with Gasteiger partial charge >= 0.3 is 11.8 Å². The SMILES string of the molecule is COc1ccc(Cl)cc1NC(=O)C(=O)N(CCN)C(C)=O. The predicted molar refractivity (Wildman–Crippen MR) is 78.1 cm³/mol. The van der Waals surface area contributed by atoms with E-state index >= 15 is 0 Å². The maximum Gasteiger partial charge on any atom is 0.318 e. The molecule has 0 saturated carbocycles. The molecular formula is C13H16ClN3O4. The van der Waals surface area contributed by atoms with Crippen molar-refractivity contribution in [2.24, 2.45) is 5.73 Å². The molecule has 0 aliphatic heterocycles. The van der Waals surface area contributed by atoms with Crippen molar-refractivity contribution in [1.29, 1.82) is 0 Å². The van der Waals surface area contributed by atoms with E-state index in [0.717, 1.165) is 4.90 Å². The molecular weight excluding hydrogens is 298 g/mol. The van der Waals surface area contributed by atoms with Crippen molar-refractivity contribution in [3.63, 3.8) is 0 Å². The highest BCUT2D eigenvalue weighted by molar-refractivity contribution is 6.42. The molecule has 0 atom stereocenters. The van der Waals surface area contributed by atoms with Crippen LogP contribution in [0.4, 0.5) is 5.69 Å². The van der Waals surface area contributed by atoms with Gasteiger partial charge in [0.15, 0.2) is 0 Å². The van der Waals surface area contributed by atoms with Crippen LogP contribution in [0.1, 0.15) is 6.92 Å². The molecule has 3 N–H and O–H groups in total. The number of carbonyl (C=O) groups is 3. The van der Waals surface area contributed by atoms with Crippen molar-refractivity contribution in [3.8, 4) is 5.75 Å². The second kappa shape index (κ2) is 7.61. The number of nitrogens with zero attached hydrogens (tertiary/aromatic N) is 1. The summed E-state index contributed by atoms with van der Waals surface area (Å²) >= 11 is 5.83. The number of halogens is 1. The van der Waals surface area contributed by atoms with Crippen molar-refractivity contribution < 1.29 is 19.1 Å². The Morgan fingerprint density at radius 2 is 2.05 bits per heavy atom. The van der Waals surface area contributed by atoms with Gasteiger partial charge < -0.3 is 15.8 Å². The van der Waals surface area contributed by atoms with Crippen LogP contribution >= 0.6 is 11.6 Å². The second-order valence-electron chi connectivity index (χ2n) is 4.06. The fourth-order valence-electron chi connectivity index (χ4n) is 1.61. The Morgan fingerprint density at radius 1 is 1.38 bits per heavy atom.